The summed E-state index contributed by atoms with van der Waals surface area (Å²) in [5.74, 6) is 0.433. The highest BCUT2D eigenvalue weighted by Crippen LogP contribution is 2.25. The number of benzene rings is 1. The zero-order chi connectivity index (χ0) is 15.7. The van der Waals surface area contributed by atoms with Gasteiger partial charge in [-0.2, -0.15) is 0 Å². The Labute approximate surface area is 141 Å². The highest BCUT2D eigenvalue weighted by molar-refractivity contribution is 14.1. The van der Waals surface area contributed by atoms with Crippen molar-refractivity contribution in [2.24, 2.45) is 0 Å². The van der Waals surface area contributed by atoms with Gasteiger partial charge in [0.05, 0.1) is 21.3 Å². The van der Waals surface area contributed by atoms with Crippen LogP contribution >= 0.6 is 22.6 Å². The zero-order valence-corrected chi connectivity index (χ0v) is 14.1. The van der Waals surface area contributed by atoms with E-state index in [-0.39, 0.29) is 5.91 Å². The summed E-state index contributed by atoms with van der Waals surface area (Å²) in [6.07, 6.45) is 0. The molecule has 0 aliphatic carbocycles. The number of hydrogen-bond acceptors (Lipinski definition) is 3. The van der Waals surface area contributed by atoms with Crippen LogP contribution in [0.5, 0.6) is 0 Å². The molecule has 2 aromatic heterocycles. The fraction of sp³-hybridized carbons (Fsp3) is 0.125. The molecule has 0 spiro atoms. The van der Waals surface area contributed by atoms with Gasteiger partial charge in [-0.1, -0.05) is 18.2 Å². The Kier molecular flexibility index (Phi) is 4.02. The monoisotopic (exact) mass is 406 g/mol. The molecule has 6 heteroatoms. The van der Waals surface area contributed by atoms with Gasteiger partial charge < -0.3 is 16.0 Å². The van der Waals surface area contributed by atoms with Gasteiger partial charge in [-0.3, -0.25) is 4.79 Å². The minimum absolute atomic E-state index is 0.0984. The largest absolute Gasteiger partial charge is 0.383 e. The number of fused-ring (bicyclic) bond motifs is 1. The molecule has 0 aliphatic heterocycles. The molecule has 4 N–H and O–H groups in total. The van der Waals surface area contributed by atoms with Gasteiger partial charge in [0.15, 0.2) is 0 Å². The Hall–Kier alpha value is -2.09. The number of hydrogen-bond donors (Lipinski definition) is 3. The normalized spacial score (nSPS) is 10.8. The molecule has 0 fully saturated rings. The third-order valence-electron chi connectivity index (χ3n) is 3.47. The zero-order valence-electron chi connectivity index (χ0n) is 12.0. The molecule has 0 aliphatic rings. The number of amides is 1. The maximum Gasteiger partial charge on any atom is 0.251 e. The number of nitrogens with zero attached hydrogens (tertiary/aromatic N) is 1. The highest BCUT2D eigenvalue weighted by Gasteiger charge is 2.13. The number of aryl methyl sites for hydroxylation is 1. The van der Waals surface area contributed by atoms with Gasteiger partial charge in [-0.05, 0) is 53.3 Å². The van der Waals surface area contributed by atoms with Gasteiger partial charge in [-0.25, -0.2) is 4.98 Å². The summed E-state index contributed by atoms with van der Waals surface area (Å²) >= 11 is 2.22. The molecular weight excluding hydrogens is 391 g/mol. The Morgan fingerprint density at radius 1 is 1.36 bits per heavy atom. The van der Waals surface area contributed by atoms with Crippen LogP contribution in [-0.2, 0) is 6.54 Å². The first-order valence-electron chi connectivity index (χ1n) is 6.82. The van der Waals surface area contributed by atoms with Crippen molar-refractivity contribution in [3.63, 3.8) is 0 Å². The van der Waals surface area contributed by atoms with Crippen LogP contribution in [0, 0.1) is 10.5 Å². The van der Waals surface area contributed by atoms with E-state index in [4.69, 9.17) is 5.73 Å². The third-order valence-corrected chi connectivity index (χ3v) is 4.63. The van der Waals surface area contributed by atoms with Gasteiger partial charge in [-0.15, -0.1) is 0 Å². The summed E-state index contributed by atoms with van der Waals surface area (Å²) in [5, 5.41) is 2.91. The maximum atomic E-state index is 12.1. The number of nitrogens with two attached hydrogens (primary N) is 1. The minimum Gasteiger partial charge on any atom is -0.383 e. The Morgan fingerprint density at radius 2 is 2.09 bits per heavy atom. The van der Waals surface area contributed by atoms with E-state index in [1.807, 2.05) is 31.2 Å². The lowest BCUT2D eigenvalue weighted by Crippen LogP contribution is -2.23. The molecular formula is C16H15IN4O. The van der Waals surface area contributed by atoms with Crippen molar-refractivity contribution < 1.29 is 4.79 Å². The van der Waals surface area contributed by atoms with Gasteiger partial charge in [0.25, 0.3) is 5.91 Å². The van der Waals surface area contributed by atoms with E-state index in [2.05, 4.69) is 37.9 Å². The highest BCUT2D eigenvalue weighted by atomic mass is 127. The lowest BCUT2D eigenvalue weighted by Gasteiger charge is -2.04. The van der Waals surface area contributed by atoms with E-state index in [9.17, 15) is 4.79 Å². The summed E-state index contributed by atoms with van der Waals surface area (Å²) < 4.78 is 0.979. The number of nitrogen functional groups attached to an aromatic ring is 1. The molecule has 0 atom stereocenters. The average molecular weight is 406 g/mol. The summed E-state index contributed by atoms with van der Waals surface area (Å²) in [5.41, 5.74) is 10.1. The minimum atomic E-state index is -0.0984. The first-order chi connectivity index (χ1) is 10.6. The molecule has 3 aromatic rings. The van der Waals surface area contributed by atoms with Crippen molar-refractivity contribution in [2.45, 2.75) is 13.5 Å². The van der Waals surface area contributed by atoms with Crippen LogP contribution in [0.15, 0.2) is 36.4 Å². The molecule has 112 valence electrons. The summed E-state index contributed by atoms with van der Waals surface area (Å²) in [7, 11) is 0. The van der Waals surface area contributed by atoms with E-state index < -0.39 is 0 Å². The van der Waals surface area contributed by atoms with Crippen molar-refractivity contribution >= 4 is 45.3 Å². The number of rotatable bonds is 3. The molecule has 1 aromatic carbocycles. The molecule has 0 saturated carbocycles. The van der Waals surface area contributed by atoms with Crippen molar-refractivity contribution in [3.05, 3.63) is 56.8 Å². The number of aromatic amines is 1. The maximum absolute atomic E-state index is 12.1. The van der Waals surface area contributed by atoms with E-state index in [0.717, 1.165) is 25.9 Å². The Balaban J connectivity index is 1.83. The number of halogens is 1. The number of carbonyl (C=O) groups excluding carboxylic acids is 1. The standard InChI is InChI=1S/C16H15IN4O/c1-9-7-11-14(21-15(9)18)13(17)12(20-11)8-19-16(22)10-5-3-2-4-6-10/h2-7,20H,8H2,1H3,(H2,18,21)(H,19,22). The van der Waals surface area contributed by atoms with Crippen LogP contribution in [-0.4, -0.2) is 15.9 Å². The topological polar surface area (TPSA) is 83.8 Å². The molecule has 0 radical (unpaired) electrons. The molecule has 1 amide bonds. The summed E-state index contributed by atoms with van der Waals surface area (Å²) in [4.78, 5) is 19.8. The van der Waals surface area contributed by atoms with Gasteiger partial charge >= 0.3 is 0 Å². The molecule has 3 rings (SSSR count). The Bertz CT molecular complexity index is 842. The number of aromatic nitrogens is 2. The molecule has 0 unspecified atom stereocenters. The molecule has 0 bridgehead atoms. The lowest BCUT2D eigenvalue weighted by atomic mass is 10.2. The van der Waals surface area contributed by atoms with Crippen molar-refractivity contribution in [1.29, 1.82) is 0 Å². The van der Waals surface area contributed by atoms with Gasteiger partial charge in [0, 0.05) is 5.56 Å². The summed E-state index contributed by atoms with van der Waals surface area (Å²) in [6, 6.07) is 11.1. The smallest absolute Gasteiger partial charge is 0.251 e. The predicted molar refractivity (Wildman–Crippen MR) is 95.6 cm³/mol. The van der Waals surface area contributed by atoms with E-state index >= 15 is 0 Å². The molecule has 5 nitrogen and oxygen atoms in total. The molecule has 22 heavy (non-hydrogen) atoms. The second-order valence-corrected chi connectivity index (χ2v) is 6.13. The molecule has 2 heterocycles. The van der Waals surface area contributed by atoms with Crippen LogP contribution in [0.1, 0.15) is 21.6 Å². The quantitative estimate of drug-likeness (QED) is 0.585. The number of nitrogens with one attached hydrogen (secondary N) is 2. The number of H-pyrrole nitrogens is 1. The average Bonchev–Trinajstić information content (AvgIpc) is 2.82. The van der Waals surface area contributed by atoms with Crippen molar-refractivity contribution in [3.8, 4) is 0 Å². The number of pyridine rings is 1. The third kappa shape index (κ3) is 2.78. The van der Waals surface area contributed by atoms with Crippen LogP contribution in [0.4, 0.5) is 5.82 Å². The first-order valence-corrected chi connectivity index (χ1v) is 7.90. The van der Waals surface area contributed by atoms with Crippen LogP contribution in [0.25, 0.3) is 11.0 Å². The van der Waals surface area contributed by atoms with E-state index in [1.165, 1.54) is 0 Å². The van der Waals surface area contributed by atoms with Crippen LogP contribution in [0.3, 0.4) is 0 Å². The fourth-order valence-corrected chi connectivity index (χ4v) is 2.97. The van der Waals surface area contributed by atoms with E-state index in [0.29, 0.717) is 17.9 Å². The number of carbonyl (C=O) groups is 1. The Morgan fingerprint density at radius 3 is 2.82 bits per heavy atom. The van der Waals surface area contributed by atoms with Crippen LogP contribution in [0.2, 0.25) is 0 Å². The van der Waals surface area contributed by atoms with E-state index in [1.54, 1.807) is 12.1 Å². The number of anilines is 1. The van der Waals surface area contributed by atoms with Crippen molar-refractivity contribution in [2.75, 3.05) is 5.73 Å². The van der Waals surface area contributed by atoms with Crippen LogP contribution < -0.4 is 11.1 Å². The summed E-state index contributed by atoms with van der Waals surface area (Å²) in [6.45, 7) is 2.34. The second-order valence-electron chi connectivity index (χ2n) is 5.05. The SMILES string of the molecule is Cc1cc2[nH]c(CNC(=O)c3ccccc3)c(I)c2nc1N. The second kappa shape index (κ2) is 5.96. The van der Waals surface area contributed by atoms with Crippen molar-refractivity contribution in [1.82, 2.24) is 15.3 Å². The predicted octanol–water partition coefficient (Wildman–Crippen LogP) is 2.99. The molecule has 0 saturated heterocycles. The fourth-order valence-electron chi connectivity index (χ4n) is 2.23. The van der Waals surface area contributed by atoms with Gasteiger partial charge in [0.2, 0.25) is 0 Å². The van der Waals surface area contributed by atoms with Gasteiger partial charge in [0.1, 0.15) is 11.3 Å². The lowest BCUT2D eigenvalue weighted by molar-refractivity contribution is 0.0950. The first kappa shape index (κ1) is 14.8.